The molecule has 0 saturated carbocycles. The van der Waals surface area contributed by atoms with Crippen molar-refractivity contribution >= 4 is 40.2 Å². The molecular weight excluding hydrogens is 466 g/mol. The van der Waals surface area contributed by atoms with Crippen LogP contribution in [0.2, 0.25) is 5.02 Å². The molecule has 0 bridgehead atoms. The van der Waals surface area contributed by atoms with Crippen LogP contribution in [0.5, 0.6) is 5.75 Å². The number of benzene rings is 3. The maximum absolute atomic E-state index is 11.7. The van der Waals surface area contributed by atoms with Crippen LogP contribution in [0, 0.1) is 0 Å². The third-order valence-corrected chi connectivity index (χ3v) is 7.29. The number of hydrogen-bond acceptors (Lipinski definition) is 3. The second-order valence-corrected chi connectivity index (χ2v) is 9.74. The minimum absolute atomic E-state index is 0.550. The summed E-state index contributed by atoms with van der Waals surface area (Å²) in [5, 5.41) is 11.0. The number of fused-ring (bicyclic) bond motifs is 1. The highest BCUT2D eigenvalue weighted by Gasteiger charge is 2.19. The number of aromatic nitrogens is 1. The number of ether oxygens (including phenoxy) is 1. The van der Waals surface area contributed by atoms with Crippen molar-refractivity contribution in [2.24, 2.45) is 0 Å². The maximum Gasteiger partial charge on any atom is 0.321 e. The molecule has 0 radical (unpaired) electrons. The third kappa shape index (κ3) is 5.60. The molecule has 3 aromatic carbocycles. The number of carboxylic acids is 1. The summed E-state index contributed by atoms with van der Waals surface area (Å²) in [5.41, 5.74) is 4.25. The summed E-state index contributed by atoms with van der Waals surface area (Å²) in [6.07, 6.45) is 4.82. The molecular formula is C28H28ClNO3S. The fourth-order valence-corrected chi connectivity index (χ4v) is 5.25. The largest absolute Gasteiger partial charge is 0.493 e. The molecule has 0 aliphatic heterocycles. The first-order valence-electron chi connectivity index (χ1n) is 11.5. The van der Waals surface area contributed by atoms with Gasteiger partial charge in [0.15, 0.2) is 0 Å². The highest BCUT2D eigenvalue weighted by molar-refractivity contribution is 8.00. The third-order valence-electron chi connectivity index (χ3n) is 5.70. The minimum Gasteiger partial charge on any atom is -0.493 e. The van der Waals surface area contributed by atoms with Crippen LogP contribution in [-0.2, 0) is 11.2 Å². The quantitative estimate of drug-likeness (QED) is 0.219. The van der Waals surface area contributed by atoms with Crippen molar-refractivity contribution in [3.8, 4) is 11.4 Å². The summed E-state index contributed by atoms with van der Waals surface area (Å²) in [6.45, 7) is 2.72. The van der Waals surface area contributed by atoms with E-state index in [1.165, 1.54) is 22.7 Å². The lowest BCUT2D eigenvalue weighted by molar-refractivity contribution is -0.136. The Kier molecular flexibility index (Phi) is 8.20. The monoisotopic (exact) mass is 493 g/mol. The number of hydrogen-bond donors (Lipinski definition) is 1. The Balaban J connectivity index is 1.43. The van der Waals surface area contributed by atoms with Gasteiger partial charge in [-0.1, -0.05) is 55.3 Å². The standard InChI is InChI=1S/C28H28ClNO3S/c1-2-7-24-23-16-17-30(22-12-10-21(29)11-13-22)25(23)14-15-26(24)33-18-6-19-34-27(28(31)32)20-8-4-3-5-9-20/h3-5,8-17,27H,2,6-7,18-19H2,1H3,(H,31,32). The highest BCUT2D eigenvalue weighted by Crippen LogP contribution is 2.33. The van der Waals surface area contributed by atoms with Crippen LogP contribution in [-0.4, -0.2) is 28.0 Å². The lowest BCUT2D eigenvalue weighted by Gasteiger charge is -2.15. The molecule has 1 unspecified atom stereocenters. The zero-order chi connectivity index (χ0) is 23.9. The first kappa shape index (κ1) is 24.2. The van der Waals surface area contributed by atoms with Gasteiger partial charge in [0.05, 0.1) is 12.1 Å². The van der Waals surface area contributed by atoms with E-state index in [0.29, 0.717) is 12.4 Å². The summed E-state index contributed by atoms with van der Waals surface area (Å²) in [7, 11) is 0. The number of carboxylic acid groups (broad SMARTS) is 1. The summed E-state index contributed by atoms with van der Waals surface area (Å²) in [4.78, 5) is 11.7. The maximum atomic E-state index is 11.7. The smallest absolute Gasteiger partial charge is 0.321 e. The van der Waals surface area contributed by atoms with Gasteiger partial charge in [-0.3, -0.25) is 4.79 Å². The van der Waals surface area contributed by atoms with E-state index in [9.17, 15) is 9.90 Å². The summed E-state index contributed by atoms with van der Waals surface area (Å²) >= 11 is 7.50. The molecule has 34 heavy (non-hydrogen) atoms. The molecule has 4 rings (SSSR count). The topological polar surface area (TPSA) is 51.5 Å². The van der Waals surface area contributed by atoms with E-state index < -0.39 is 11.2 Å². The zero-order valence-corrected chi connectivity index (χ0v) is 20.7. The number of halogens is 1. The zero-order valence-electron chi connectivity index (χ0n) is 19.1. The van der Waals surface area contributed by atoms with Gasteiger partial charge in [-0.25, -0.2) is 0 Å². The van der Waals surface area contributed by atoms with E-state index in [4.69, 9.17) is 16.3 Å². The number of rotatable bonds is 11. The molecule has 1 atom stereocenters. The van der Waals surface area contributed by atoms with E-state index in [-0.39, 0.29) is 0 Å². The van der Waals surface area contributed by atoms with Gasteiger partial charge < -0.3 is 14.4 Å². The van der Waals surface area contributed by atoms with Crippen LogP contribution in [0.4, 0.5) is 0 Å². The van der Waals surface area contributed by atoms with Crippen LogP contribution >= 0.6 is 23.4 Å². The van der Waals surface area contributed by atoms with Gasteiger partial charge >= 0.3 is 5.97 Å². The Labute approximate surface area is 209 Å². The van der Waals surface area contributed by atoms with E-state index in [2.05, 4.69) is 35.9 Å². The van der Waals surface area contributed by atoms with E-state index >= 15 is 0 Å². The molecule has 1 aromatic heterocycles. The van der Waals surface area contributed by atoms with Gasteiger partial charge in [-0.15, -0.1) is 11.8 Å². The van der Waals surface area contributed by atoms with Crippen LogP contribution in [0.3, 0.4) is 0 Å². The Hall–Kier alpha value is -2.89. The molecule has 1 N–H and O–H groups in total. The number of nitrogens with zero attached hydrogens (tertiary/aromatic N) is 1. The first-order chi connectivity index (χ1) is 16.6. The Morgan fingerprint density at radius 3 is 2.53 bits per heavy atom. The van der Waals surface area contributed by atoms with E-state index in [0.717, 1.165) is 46.8 Å². The Bertz CT molecular complexity index is 1240. The van der Waals surface area contributed by atoms with Crippen molar-refractivity contribution in [2.45, 2.75) is 31.4 Å². The molecule has 4 nitrogen and oxygen atoms in total. The van der Waals surface area contributed by atoms with Crippen LogP contribution in [0.15, 0.2) is 79.0 Å². The molecule has 1 heterocycles. The molecule has 0 spiro atoms. The minimum atomic E-state index is -0.807. The Morgan fingerprint density at radius 2 is 1.82 bits per heavy atom. The fourth-order valence-electron chi connectivity index (χ4n) is 4.11. The van der Waals surface area contributed by atoms with Crippen molar-refractivity contribution in [3.63, 3.8) is 0 Å². The van der Waals surface area contributed by atoms with Gasteiger partial charge in [-0.05, 0) is 66.6 Å². The summed E-state index contributed by atoms with van der Waals surface area (Å²) < 4.78 is 8.36. The number of aryl methyl sites for hydroxylation is 1. The second kappa shape index (κ2) is 11.5. The summed E-state index contributed by atoms with van der Waals surface area (Å²) in [5.74, 6) is 0.813. The van der Waals surface area contributed by atoms with Crippen molar-refractivity contribution in [2.75, 3.05) is 12.4 Å². The molecule has 176 valence electrons. The molecule has 0 aliphatic carbocycles. The molecule has 0 aliphatic rings. The van der Waals surface area contributed by atoms with Crippen LogP contribution in [0.1, 0.15) is 36.1 Å². The second-order valence-electron chi connectivity index (χ2n) is 8.09. The van der Waals surface area contributed by atoms with Gasteiger partial charge in [0.1, 0.15) is 11.0 Å². The average Bonchev–Trinajstić information content (AvgIpc) is 3.28. The molecule has 0 saturated heterocycles. The SMILES string of the molecule is CCCc1c(OCCCSC(C(=O)O)c2ccccc2)ccc2c1ccn2-c1ccc(Cl)cc1. The lowest BCUT2D eigenvalue weighted by atomic mass is 10.0. The van der Waals surface area contributed by atoms with Crippen molar-refractivity contribution in [1.82, 2.24) is 4.57 Å². The predicted octanol–water partition coefficient (Wildman–Crippen LogP) is 7.56. The predicted molar refractivity (Wildman–Crippen MR) is 142 cm³/mol. The molecule has 6 heteroatoms. The molecule has 0 fully saturated rings. The van der Waals surface area contributed by atoms with E-state index in [1.54, 1.807) is 0 Å². The van der Waals surface area contributed by atoms with E-state index in [1.807, 2.05) is 54.6 Å². The van der Waals surface area contributed by atoms with Crippen molar-refractivity contribution < 1.29 is 14.6 Å². The highest BCUT2D eigenvalue weighted by atomic mass is 35.5. The number of aliphatic carboxylic acids is 1. The van der Waals surface area contributed by atoms with Crippen LogP contribution < -0.4 is 4.74 Å². The summed E-state index contributed by atoms with van der Waals surface area (Å²) in [6, 6.07) is 23.5. The van der Waals surface area contributed by atoms with Gasteiger partial charge in [0.2, 0.25) is 0 Å². The lowest BCUT2D eigenvalue weighted by Crippen LogP contribution is -2.09. The molecule has 4 aromatic rings. The van der Waals surface area contributed by atoms with Crippen molar-refractivity contribution in [3.05, 3.63) is 95.1 Å². The normalized spacial score (nSPS) is 12.1. The number of carbonyl (C=O) groups is 1. The Morgan fingerprint density at radius 1 is 1.06 bits per heavy atom. The van der Waals surface area contributed by atoms with Crippen LogP contribution in [0.25, 0.3) is 16.6 Å². The number of thioether (sulfide) groups is 1. The van der Waals surface area contributed by atoms with Gasteiger partial charge in [0, 0.05) is 27.9 Å². The van der Waals surface area contributed by atoms with Gasteiger partial charge in [0.25, 0.3) is 0 Å². The first-order valence-corrected chi connectivity index (χ1v) is 12.9. The molecule has 0 amide bonds. The van der Waals surface area contributed by atoms with Crippen molar-refractivity contribution in [1.29, 1.82) is 0 Å². The van der Waals surface area contributed by atoms with Gasteiger partial charge in [-0.2, -0.15) is 0 Å². The fraction of sp³-hybridized carbons (Fsp3) is 0.250. The average molecular weight is 494 g/mol.